The minimum atomic E-state index is -1.21. The fraction of sp³-hybridized carbons (Fsp3) is 0.273. The topological polar surface area (TPSA) is 0 Å². The van der Waals surface area contributed by atoms with Crippen LogP contribution >= 0.6 is 11.6 Å². The van der Waals surface area contributed by atoms with Crippen LogP contribution in [-0.4, -0.2) is 8.07 Å². The summed E-state index contributed by atoms with van der Waals surface area (Å²) >= 11 is 5.86. The Bertz CT molecular complexity index is 310. The third-order valence-electron chi connectivity index (χ3n) is 1.52. The van der Waals surface area contributed by atoms with Crippen LogP contribution in [0, 0.1) is 5.70 Å². The molecule has 0 heterocycles. The van der Waals surface area contributed by atoms with Crippen molar-refractivity contribution >= 4 is 25.8 Å². The molecule has 0 aromatic heterocycles. The highest BCUT2D eigenvalue weighted by Crippen LogP contribution is 2.13. The van der Waals surface area contributed by atoms with Crippen molar-refractivity contribution in [3.8, 4) is 0 Å². The molecule has 0 N–H and O–H groups in total. The number of rotatable bonds is 2. The van der Waals surface area contributed by atoms with Crippen LogP contribution in [0.3, 0.4) is 0 Å². The van der Waals surface area contributed by atoms with Gasteiger partial charge in [0, 0.05) is 5.02 Å². The van der Waals surface area contributed by atoms with Crippen LogP contribution in [-0.2, 0) is 0 Å². The molecule has 0 atom stereocenters. The first-order valence-electron chi connectivity index (χ1n) is 4.34. The van der Waals surface area contributed by atoms with Crippen LogP contribution in [0.2, 0.25) is 24.7 Å². The maximum absolute atomic E-state index is 5.86. The SMILES string of the molecule is C[Si](C)(C)/[C]=C/c1cccc(Cl)c1. The van der Waals surface area contributed by atoms with Gasteiger partial charge in [-0.05, 0) is 17.7 Å². The summed E-state index contributed by atoms with van der Waals surface area (Å²) in [6, 6.07) is 7.83. The van der Waals surface area contributed by atoms with Crippen molar-refractivity contribution in [2.24, 2.45) is 0 Å². The Morgan fingerprint density at radius 2 is 2.00 bits per heavy atom. The lowest BCUT2D eigenvalue weighted by molar-refractivity contribution is 1.65. The minimum Gasteiger partial charge on any atom is -0.0843 e. The first-order chi connectivity index (χ1) is 5.97. The molecule has 0 aliphatic rings. The average Bonchev–Trinajstić information content (AvgIpc) is 2.00. The third-order valence-corrected chi connectivity index (χ3v) is 2.77. The second kappa shape index (κ2) is 4.12. The molecular weight excluding hydrogens is 196 g/mol. The van der Waals surface area contributed by atoms with Crippen LogP contribution < -0.4 is 0 Å². The van der Waals surface area contributed by atoms with Gasteiger partial charge in [0.25, 0.3) is 0 Å². The number of hydrogen-bond acceptors (Lipinski definition) is 0. The van der Waals surface area contributed by atoms with Gasteiger partial charge in [-0.25, -0.2) is 0 Å². The van der Waals surface area contributed by atoms with Gasteiger partial charge < -0.3 is 0 Å². The smallest absolute Gasteiger partial charge is 0.0774 e. The van der Waals surface area contributed by atoms with Gasteiger partial charge in [0.05, 0.1) is 8.07 Å². The van der Waals surface area contributed by atoms with E-state index in [1.807, 2.05) is 30.3 Å². The van der Waals surface area contributed by atoms with Gasteiger partial charge in [-0.15, -0.1) is 0 Å². The molecule has 0 saturated carbocycles. The van der Waals surface area contributed by atoms with Crippen molar-refractivity contribution in [1.82, 2.24) is 0 Å². The predicted octanol–water partition coefficient (Wildman–Crippen LogP) is 4.03. The number of benzene rings is 1. The van der Waals surface area contributed by atoms with Crippen molar-refractivity contribution in [2.75, 3.05) is 0 Å². The molecule has 0 aliphatic heterocycles. The van der Waals surface area contributed by atoms with E-state index in [9.17, 15) is 0 Å². The fourth-order valence-electron chi connectivity index (χ4n) is 0.896. The molecule has 1 rings (SSSR count). The lowest BCUT2D eigenvalue weighted by atomic mass is 10.2. The van der Waals surface area contributed by atoms with Crippen molar-refractivity contribution in [1.29, 1.82) is 0 Å². The Hall–Kier alpha value is -0.533. The van der Waals surface area contributed by atoms with Gasteiger partial charge in [0.2, 0.25) is 0 Å². The molecule has 0 saturated heterocycles. The first-order valence-corrected chi connectivity index (χ1v) is 8.22. The molecule has 1 aromatic rings. The van der Waals surface area contributed by atoms with Crippen molar-refractivity contribution in [2.45, 2.75) is 19.6 Å². The normalized spacial score (nSPS) is 12.3. The summed E-state index contributed by atoms with van der Waals surface area (Å²) in [5.74, 6) is 0. The van der Waals surface area contributed by atoms with E-state index in [1.54, 1.807) is 0 Å². The molecule has 69 valence electrons. The maximum atomic E-state index is 5.86. The van der Waals surface area contributed by atoms with E-state index in [1.165, 1.54) is 0 Å². The molecule has 0 nitrogen and oxygen atoms in total. The summed E-state index contributed by atoms with van der Waals surface area (Å²) in [6.45, 7) is 6.77. The van der Waals surface area contributed by atoms with E-state index in [0.717, 1.165) is 10.6 Å². The fourth-order valence-corrected chi connectivity index (χ4v) is 1.69. The van der Waals surface area contributed by atoms with Gasteiger partial charge in [0.1, 0.15) is 0 Å². The summed E-state index contributed by atoms with van der Waals surface area (Å²) < 4.78 is 0. The molecule has 0 amide bonds. The Kier molecular flexibility index (Phi) is 3.34. The van der Waals surface area contributed by atoms with E-state index in [0.29, 0.717) is 0 Å². The predicted molar refractivity (Wildman–Crippen MR) is 62.5 cm³/mol. The Labute approximate surface area is 86.3 Å². The largest absolute Gasteiger partial charge is 0.0843 e. The zero-order valence-electron chi connectivity index (χ0n) is 8.26. The van der Waals surface area contributed by atoms with Gasteiger partial charge >= 0.3 is 0 Å². The molecule has 13 heavy (non-hydrogen) atoms. The van der Waals surface area contributed by atoms with Crippen molar-refractivity contribution in [3.63, 3.8) is 0 Å². The summed E-state index contributed by atoms with van der Waals surface area (Å²) in [4.78, 5) is 0. The standard InChI is InChI=1S/C11H14ClSi/c1-13(2,3)8-7-10-5-4-6-11(12)9-10/h4-7,9H,1-3H3. The lowest BCUT2D eigenvalue weighted by Crippen LogP contribution is -2.16. The Morgan fingerprint density at radius 1 is 1.31 bits per heavy atom. The van der Waals surface area contributed by atoms with Crippen molar-refractivity contribution in [3.05, 3.63) is 40.6 Å². The quantitative estimate of drug-likeness (QED) is 0.646. The van der Waals surface area contributed by atoms with Gasteiger partial charge in [0.15, 0.2) is 0 Å². The van der Waals surface area contributed by atoms with Crippen LogP contribution in [0.4, 0.5) is 0 Å². The molecule has 1 radical (unpaired) electrons. The molecule has 0 unspecified atom stereocenters. The third kappa shape index (κ3) is 4.30. The van der Waals surface area contributed by atoms with E-state index in [2.05, 4.69) is 25.3 Å². The van der Waals surface area contributed by atoms with E-state index in [-0.39, 0.29) is 0 Å². The van der Waals surface area contributed by atoms with Crippen LogP contribution in [0.1, 0.15) is 5.56 Å². The zero-order valence-corrected chi connectivity index (χ0v) is 10.0. The highest BCUT2D eigenvalue weighted by molar-refractivity contribution is 6.79. The van der Waals surface area contributed by atoms with Crippen molar-refractivity contribution < 1.29 is 0 Å². The van der Waals surface area contributed by atoms with Gasteiger partial charge in [-0.3, -0.25) is 0 Å². The van der Waals surface area contributed by atoms with E-state index < -0.39 is 8.07 Å². The summed E-state index contributed by atoms with van der Waals surface area (Å²) in [7, 11) is -1.21. The Balaban J connectivity index is 2.80. The van der Waals surface area contributed by atoms with Crippen LogP contribution in [0.5, 0.6) is 0 Å². The molecule has 0 bridgehead atoms. The van der Waals surface area contributed by atoms with E-state index >= 15 is 0 Å². The molecular formula is C11H14ClSi. The van der Waals surface area contributed by atoms with E-state index in [4.69, 9.17) is 11.6 Å². The highest BCUT2D eigenvalue weighted by Gasteiger charge is 2.07. The zero-order chi connectivity index (χ0) is 9.90. The molecule has 0 fully saturated rings. The lowest BCUT2D eigenvalue weighted by Gasteiger charge is -2.06. The molecule has 0 aliphatic carbocycles. The second-order valence-corrected chi connectivity index (χ2v) is 9.32. The van der Waals surface area contributed by atoms with Crippen LogP contribution in [0.15, 0.2) is 24.3 Å². The van der Waals surface area contributed by atoms with Crippen LogP contribution in [0.25, 0.3) is 6.08 Å². The summed E-state index contributed by atoms with van der Waals surface area (Å²) in [6.07, 6.45) is 2.04. The highest BCUT2D eigenvalue weighted by atomic mass is 35.5. The van der Waals surface area contributed by atoms with Gasteiger partial charge in [-0.2, -0.15) is 0 Å². The first kappa shape index (κ1) is 10.5. The molecule has 0 spiro atoms. The average molecular weight is 210 g/mol. The Morgan fingerprint density at radius 3 is 2.54 bits per heavy atom. The maximum Gasteiger partial charge on any atom is 0.0774 e. The minimum absolute atomic E-state index is 0.783. The monoisotopic (exact) mass is 209 g/mol. The van der Waals surface area contributed by atoms with Gasteiger partial charge in [-0.1, -0.05) is 55.2 Å². The second-order valence-electron chi connectivity index (χ2n) is 4.09. The summed E-state index contributed by atoms with van der Waals surface area (Å²) in [5, 5.41) is 0.783. The molecule has 2 heteroatoms. The summed E-state index contributed by atoms with van der Waals surface area (Å²) in [5.41, 5.74) is 4.55. The number of hydrogen-bond donors (Lipinski definition) is 0. The number of halogens is 1. The molecule has 1 aromatic carbocycles.